The minimum atomic E-state index is -3.50. The third-order valence-corrected chi connectivity index (χ3v) is 4.69. The van der Waals surface area contributed by atoms with Crippen molar-refractivity contribution >= 4 is 40.0 Å². The van der Waals surface area contributed by atoms with Crippen molar-refractivity contribution < 1.29 is 8.42 Å². The number of aliphatic imine (C=N–C) groups is 1. The number of aryl methyl sites for hydroxylation is 2. The first-order valence-corrected chi connectivity index (χ1v) is 8.59. The Bertz CT molecular complexity index is 633. The fourth-order valence-corrected chi connectivity index (χ4v) is 3.44. The zero-order valence-corrected chi connectivity index (χ0v) is 17.8. The zero-order chi connectivity index (χ0) is 16.9. The van der Waals surface area contributed by atoms with Crippen molar-refractivity contribution in [2.24, 2.45) is 4.99 Å². The molecule has 23 heavy (non-hydrogen) atoms. The van der Waals surface area contributed by atoms with Crippen molar-refractivity contribution in [3.63, 3.8) is 0 Å². The average Bonchev–Trinajstić information content (AvgIpc) is 2.40. The zero-order valence-electron chi connectivity index (χ0n) is 14.6. The van der Waals surface area contributed by atoms with E-state index >= 15 is 0 Å². The Labute approximate surface area is 157 Å². The largest absolute Gasteiger partial charge is 0.349 e. The molecular weight excluding hydrogens is 427 g/mol. The third kappa shape index (κ3) is 6.64. The number of rotatable bonds is 5. The lowest BCUT2D eigenvalue weighted by molar-refractivity contribution is 0.479. The van der Waals surface area contributed by atoms with Gasteiger partial charge in [0.15, 0.2) is 5.96 Å². The van der Waals surface area contributed by atoms with E-state index in [-0.39, 0.29) is 30.5 Å². The van der Waals surface area contributed by atoms with Crippen LogP contribution in [-0.4, -0.2) is 65.5 Å². The van der Waals surface area contributed by atoms with Gasteiger partial charge in [-0.15, -0.1) is 24.0 Å². The molecule has 0 atom stereocenters. The number of hydrogen-bond donors (Lipinski definition) is 1. The molecule has 132 valence electrons. The van der Waals surface area contributed by atoms with E-state index in [0.717, 1.165) is 17.1 Å². The molecule has 0 saturated carbocycles. The van der Waals surface area contributed by atoms with E-state index in [4.69, 9.17) is 0 Å². The fourth-order valence-electron chi connectivity index (χ4n) is 2.09. The second-order valence-corrected chi connectivity index (χ2v) is 7.37. The summed E-state index contributed by atoms with van der Waals surface area (Å²) in [7, 11) is 4.11. The Kier molecular flexibility index (Phi) is 9.07. The lowest BCUT2D eigenvalue weighted by Crippen LogP contribution is -2.36. The summed E-state index contributed by atoms with van der Waals surface area (Å²) in [6, 6.07) is 5.41. The molecule has 0 aliphatic carbocycles. The van der Waals surface area contributed by atoms with Crippen LogP contribution in [0.5, 0.6) is 0 Å². The van der Waals surface area contributed by atoms with Crippen molar-refractivity contribution in [2.75, 3.05) is 41.3 Å². The highest BCUT2D eigenvalue weighted by atomic mass is 127. The third-order valence-electron chi connectivity index (χ3n) is 3.09. The molecule has 0 aliphatic rings. The van der Waals surface area contributed by atoms with Crippen LogP contribution in [0.15, 0.2) is 28.1 Å². The highest BCUT2D eigenvalue weighted by Crippen LogP contribution is 2.16. The van der Waals surface area contributed by atoms with Gasteiger partial charge in [0, 0.05) is 34.7 Å². The van der Waals surface area contributed by atoms with Gasteiger partial charge in [0.25, 0.3) is 0 Å². The Morgan fingerprint density at radius 1 is 1.13 bits per heavy atom. The van der Waals surface area contributed by atoms with Crippen LogP contribution in [0, 0.1) is 13.8 Å². The normalized spacial score (nSPS) is 10.7. The Morgan fingerprint density at radius 2 is 1.70 bits per heavy atom. The van der Waals surface area contributed by atoms with Crippen LogP contribution in [0.4, 0.5) is 0 Å². The van der Waals surface area contributed by atoms with Crippen LogP contribution in [0.25, 0.3) is 0 Å². The van der Waals surface area contributed by atoms with E-state index in [2.05, 4.69) is 9.71 Å². The molecule has 0 heterocycles. The van der Waals surface area contributed by atoms with Gasteiger partial charge in [-0.25, -0.2) is 13.1 Å². The Morgan fingerprint density at radius 3 is 2.22 bits per heavy atom. The summed E-state index contributed by atoms with van der Waals surface area (Å²) in [5.74, 6) is 0.797. The standard InChI is InChI=1S/C15H26N4O2S.HI/c1-12-7-8-13(2)14(11-12)22(20,21)17-10-9-16-15(18(3)4)19(5)6;/h7-8,11,17H,9-10H2,1-6H3;1H. The van der Waals surface area contributed by atoms with Crippen LogP contribution in [-0.2, 0) is 10.0 Å². The van der Waals surface area contributed by atoms with Gasteiger partial charge in [0.2, 0.25) is 10.0 Å². The number of sulfonamides is 1. The van der Waals surface area contributed by atoms with E-state index in [1.54, 1.807) is 13.0 Å². The lowest BCUT2D eigenvalue weighted by Gasteiger charge is -2.22. The van der Waals surface area contributed by atoms with Gasteiger partial charge < -0.3 is 9.80 Å². The van der Waals surface area contributed by atoms with Crippen LogP contribution in [0.1, 0.15) is 11.1 Å². The number of nitrogens with one attached hydrogen (secondary N) is 1. The van der Waals surface area contributed by atoms with Gasteiger partial charge in [0.05, 0.1) is 11.4 Å². The SMILES string of the molecule is Cc1ccc(C)c(S(=O)(=O)NCCN=C(N(C)C)N(C)C)c1.I. The quantitative estimate of drug-likeness (QED) is 0.318. The second-order valence-electron chi connectivity index (χ2n) is 5.64. The Hall–Kier alpha value is -0.870. The summed E-state index contributed by atoms with van der Waals surface area (Å²) < 4.78 is 27.3. The first-order chi connectivity index (χ1) is 10.1. The first-order valence-electron chi connectivity index (χ1n) is 7.11. The van der Waals surface area contributed by atoms with Gasteiger partial charge in [-0.3, -0.25) is 4.99 Å². The summed E-state index contributed by atoms with van der Waals surface area (Å²) in [6.45, 7) is 4.32. The molecule has 6 nitrogen and oxygen atoms in total. The molecule has 0 aliphatic heterocycles. The fraction of sp³-hybridized carbons (Fsp3) is 0.533. The minimum Gasteiger partial charge on any atom is -0.349 e. The predicted molar refractivity (Wildman–Crippen MR) is 106 cm³/mol. The number of nitrogens with zero attached hydrogens (tertiary/aromatic N) is 3. The summed E-state index contributed by atoms with van der Waals surface area (Å²) in [4.78, 5) is 8.51. The maximum atomic E-state index is 12.3. The molecule has 0 spiro atoms. The van der Waals surface area contributed by atoms with Crippen molar-refractivity contribution in [3.05, 3.63) is 29.3 Å². The molecule has 1 rings (SSSR count). The van der Waals surface area contributed by atoms with Crippen molar-refractivity contribution in [1.29, 1.82) is 0 Å². The second kappa shape index (κ2) is 9.43. The van der Waals surface area contributed by atoms with Crippen molar-refractivity contribution in [3.8, 4) is 0 Å². The van der Waals surface area contributed by atoms with Gasteiger partial charge in [0.1, 0.15) is 0 Å². The summed E-state index contributed by atoms with van der Waals surface area (Å²) >= 11 is 0. The number of halogens is 1. The molecule has 0 fully saturated rings. The van der Waals surface area contributed by atoms with Crippen LogP contribution in [0.3, 0.4) is 0 Å². The molecule has 0 saturated heterocycles. The summed E-state index contributed by atoms with van der Waals surface area (Å²) in [6.07, 6.45) is 0. The molecule has 1 aromatic carbocycles. The number of benzene rings is 1. The van der Waals surface area contributed by atoms with E-state index < -0.39 is 10.0 Å². The Balaban J connectivity index is 0.00000484. The molecule has 0 radical (unpaired) electrons. The van der Waals surface area contributed by atoms with Gasteiger partial charge in [-0.1, -0.05) is 12.1 Å². The summed E-state index contributed by atoms with van der Waals surface area (Å²) in [5, 5.41) is 0. The van der Waals surface area contributed by atoms with Gasteiger partial charge >= 0.3 is 0 Å². The van der Waals surface area contributed by atoms with E-state index in [1.807, 2.05) is 57.0 Å². The van der Waals surface area contributed by atoms with Crippen LogP contribution < -0.4 is 4.72 Å². The highest BCUT2D eigenvalue weighted by molar-refractivity contribution is 14.0. The van der Waals surface area contributed by atoms with E-state index in [0.29, 0.717) is 11.4 Å². The first kappa shape index (κ1) is 22.1. The maximum Gasteiger partial charge on any atom is 0.240 e. The predicted octanol–water partition coefficient (Wildman–Crippen LogP) is 1.68. The molecule has 0 bridgehead atoms. The molecule has 1 N–H and O–H groups in total. The molecular formula is C15H27IN4O2S. The van der Waals surface area contributed by atoms with Gasteiger partial charge in [-0.2, -0.15) is 0 Å². The maximum absolute atomic E-state index is 12.3. The molecule has 8 heteroatoms. The number of guanidine groups is 1. The molecule has 1 aromatic rings. The average molecular weight is 454 g/mol. The van der Waals surface area contributed by atoms with Gasteiger partial charge in [-0.05, 0) is 31.0 Å². The van der Waals surface area contributed by atoms with E-state index in [1.165, 1.54) is 0 Å². The van der Waals surface area contributed by atoms with Crippen molar-refractivity contribution in [1.82, 2.24) is 14.5 Å². The lowest BCUT2D eigenvalue weighted by atomic mass is 10.2. The van der Waals surface area contributed by atoms with Crippen molar-refractivity contribution in [2.45, 2.75) is 18.7 Å². The van der Waals surface area contributed by atoms with Crippen LogP contribution in [0.2, 0.25) is 0 Å². The minimum absolute atomic E-state index is 0. The monoisotopic (exact) mass is 454 g/mol. The molecule has 0 aromatic heterocycles. The topological polar surface area (TPSA) is 65.0 Å². The highest BCUT2D eigenvalue weighted by Gasteiger charge is 2.16. The number of hydrogen-bond acceptors (Lipinski definition) is 3. The molecule has 0 amide bonds. The smallest absolute Gasteiger partial charge is 0.240 e. The molecule has 0 unspecified atom stereocenters. The van der Waals surface area contributed by atoms with E-state index in [9.17, 15) is 8.42 Å². The van der Waals surface area contributed by atoms with Crippen LogP contribution >= 0.6 is 24.0 Å². The summed E-state index contributed by atoms with van der Waals surface area (Å²) in [5.41, 5.74) is 1.66.